The van der Waals surface area contributed by atoms with Crippen molar-refractivity contribution in [2.45, 2.75) is 24.8 Å². The molecule has 1 aliphatic heterocycles. The van der Waals surface area contributed by atoms with E-state index in [1.54, 1.807) is 29.2 Å². The maximum absolute atomic E-state index is 12.6. The predicted octanol–water partition coefficient (Wildman–Crippen LogP) is 5.59. The summed E-state index contributed by atoms with van der Waals surface area (Å²) < 4.78 is 5.39. The van der Waals surface area contributed by atoms with Crippen molar-refractivity contribution in [2.24, 2.45) is 0 Å². The van der Waals surface area contributed by atoms with Gasteiger partial charge in [-0.3, -0.25) is 10.1 Å². The fourth-order valence-corrected chi connectivity index (χ4v) is 4.88. The van der Waals surface area contributed by atoms with Crippen molar-refractivity contribution in [2.75, 3.05) is 17.7 Å². The van der Waals surface area contributed by atoms with Crippen LogP contribution >= 0.6 is 35.0 Å². The highest BCUT2D eigenvalue weighted by atomic mass is 35.5. The molecule has 2 amide bonds. The van der Waals surface area contributed by atoms with E-state index in [4.69, 9.17) is 27.9 Å². The normalized spacial score (nSPS) is 17.5. The van der Waals surface area contributed by atoms with Gasteiger partial charge in [-0.15, -0.1) is 11.8 Å². The Labute approximate surface area is 178 Å². The Morgan fingerprint density at radius 3 is 2.71 bits per heavy atom. The van der Waals surface area contributed by atoms with Crippen LogP contribution in [-0.2, 0) is 9.53 Å². The highest BCUT2D eigenvalue weighted by molar-refractivity contribution is 8.00. The summed E-state index contributed by atoms with van der Waals surface area (Å²) in [4.78, 5) is 26.4. The number of carbonyl (C=O) groups is 2. The Morgan fingerprint density at radius 2 is 2.04 bits per heavy atom. The zero-order chi connectivity index (χ0) is 20.1. The first-order chi connectivity index (χ1) is 13.5. The summed E-state index contributed by atoms with van der Waals surface area (Å²) in [5.74, 6) is 0.357. The van der Waals surface area contributed by atoms with E-state index in [1.807, 2.05) is 31.2 Å². The second kappa shape index (κ2) is 9.54. The number of halogens is 2. The Morgan fingerprint density at radius 1 is 1.29 bits per heavy atom. The SMILES string of the molecule is CC[C@@H](COC(=O)Nc1ccccc1)N1C(=O)CS[C@@H]1c1ccc(Cl)cc1Cl. The minimum atomic E-state index is -0.551. The number of hydrogen-bond donors (Lipinski definition) is 1. The molecule has 2 atom stereocenters. The van der Waals surface area contributed by atoms with Crippen molar-refractivity contribution < 1.29 is 14.3 Å². The van der Waals surface area contributed by atoms with Gasteiger partial charge in [0, 0.05) is 21.3 Å². The average Bonchev–Trinajstić information content (AvgIpc) is 3.04. The van der Waals surface area contributed by atoms with Gasteiger partial charge in [0.1, 0.15) is 12.0 Å². The summed E-state index contributed by atoms with van der Waals surface area (Å²) in [7, 11) is 0. The monoisotopic (exact) mass is 438 g/mol. The molecule has 2 aromatic rings. The number of thioether (sulfide) groups is 1. The van der Waals surface area contributed by atoms with Gasteiger partial charge in [-0.2, -0.15) is 0 Å². The smallest absolute Gasteiger partial charge is 0.411 e. The molecule has 5 nitrogen and oxygen atoms in total. The topological polar surface area (TPSA) is 58.6 Å². The predicted molar refractivity (Wildman–Crippen MR) is 114 cm³/mol. The average molecular weight is 439 g/mol. The molecular weight excluding hydrogens is 419 g/mol. The number of anilines is 1. The van der Waals surface area contributed by atoms with Crippen molar-refractivity contribution in [3.05, 3.63) is 64.1 Å². The van der Waals surface area contributed by atoms with Gasteiger partial charge in [-0.05, 0) is 30.7 Å². The van der Waals surface area contributed by atoms with Crippen molar-refractivity contribution in [1.82, 2.24) is 4.90 Å². The molecule has 0 saturated carbocycles. The fourth-order valence-electron chi connectivity index (χ4n) is 3.01. The van der Waals surface area contributed by atoms with E-state index >= 15 is 0 Å². The Bertz CT molecular complexity index is 851. The van der Waals surface area contributed by atoms with Crippen LogP contribution < -0.4 is 5.32 Å². The first-order valence-corrected chi connectivity index (χ1v) is 10.7. The molecule has 0 radical (unpaired) electrons. The molecule has 0 aliphatic carbocycles. The molecule has 0 spiro atoms. The molecule has 8 heteroatoms. The van der Waals surface area contributed by atoms with Crippen LogP contribution in [-0.4, -0.2) is 35.3 Å². The molecule has 1 fully saturated rings. The lowest BCUT2D eigenvalue weighted by Crippen LogP contribution is -2.41. The van der Waals surface area contributed by atoms with E-state index in [1.165, 1.54) is 11.8 Å². The van der Waals surface area contributed by atoms with Crippen molar-refractivity contribution in [3.8, 4) is 0 Å². The van der Waals surface area contributed by atoms with Gasteiger partial charge in [-0.1, -0.05) is 54.4 Å². The van der Waals surface area contributed by atoms with E-state index in [2.05, 4.69) is 5.32 Å². The first-order valence-electron chi connectivity index (χ1n) is 8.86. The number of rotatable bonds is 6. The maximum Gasteiger partial charge on any atom is 0.411 e. The lowest BCUT2D eigenvalue weighted by atomic mass is 10.1. The molecule has 2 aromatic carbocycles. The summed E-state index contributed by atoms with van der Waals surface area (Å²) in [5, 5.41) is 3.50. The summed E-state index contributed by atoms with van der Waals surface area (Å²) in [6.07, 6.45) is 0.0946. The number of carbonyl (C=O) groups excluding carboxylic acids is 2. The minimum absolute atomic E-state index is 0.0000609. The van der Waals surface area contributed by atoms with Crippen LogP contribution in [0.5, 0.6) is 0 Å². The largest absolute Gasteiger partial charge is 0.447 e. The van der Waals surface area contributed by atoms with Crippen LogP contribution in [0.4, 0.5) is 10.5 Å². The zero-order valence-corrected chi connectivity index (χ0v) is 17.6. The van der Waals surface area contributed by atoms with E-state index in [-0.39, 0.29) is 23.9 Å². The molecule has 0 unspecified atom stereocenters. The molecular formula is C20H20Cl2N2O3S. The Balaban J connectivity index is 1.69. The zero-order valence-electron chi connectivity index (χ0n) is 15.2. The third-order valence-electron chi connectivity index (χ3n) is 4.43. The van der Waals surface area contributed by atoms with Gasteiger partial charge < -0.3 is 9.64 Å². The number of nitrogens with one attached hydrogen (secondary N) is 1. The Kier molecular flexibility index (Phi) is 7.10. The maximum atomic E-state index is 12.6. The van der Waals surface area contributed by atoms with Gasteiger partial charge in [0.15, 0.2) is 0 Å². The van der Waals surface area contributed by atoms with E-state index in [0.717, 1.165) is 5.56 Å². The van der Waals surface area contributed by atoms with Gasteiger partial charge in [-0.25, -0.2) is 4.79 Å². The molecule has 1 saturated heterocycles. The molecule has 1 heterocycles. The van der Waals surface area contributed by atoms with Gasteiger partial charge in [0.2, 0.25) is 5.91 Å². The van der Waals surface area contributed by atoms with Crippen LogP contribution in [0, 0.1) is 0 Å². The van der Waals surface area contributed by atoms with Crippen LogP contribution in [0.1, 0.15) is 24.3 Å². The highest BCUT2D eigenvalue weighted by Crippen LogP contribution is 2.43. The van der Waals surface area contributed by atoms with E-state index in [9.17, 15) is 9.59 Å². The quantitative estimate of drug-likeness (QED) is 0.637. The number of ether oxygens (including phenoxy) is 1. The molecule has 1 aliphatic rings. The van der Waals surface area contributed by atoms with Crippen LogP contribution in [0.15, 0.2) is 48.5 Å². The Hall–Kier alpha value is -1.89. The van der Waals surface area contributed by atoms with E-state index < -0.39 is 6.09 Å². The number of hydrogen-bond acceptors (Lipinski definition) is 4. The summed E-state index contributed by atoms with van der Waals surface area (Å²) in [5.41, 5.74) is 1.48. The fraction of sp³-hybridized carbons (Fsp3) is 0.300. The van der Waals surface area contributed by atoms with Crippen LogP contribution in [0.2, 0.25) is 10.0 Å². The number of amides is 2. The third kappa shape index (κ3) is 4.93. The lowest BCUT2D eigenvalue weighted by molar-refractivity contribution is -0.131. The van der Waals surface area contributed by atoms with E-state index in [0.29, 0.717) is 27.9 Å². The van der Waals surface area contributed by atoms with Crippen LogP contribution in [0.25, 0.3) is 0 Å². The molecule has 0 aromatic heterocycles. The first kappa shape index (κ1) is 20.8. The minimum Gasteiger partial charge on any atom is -0.447 e. The van der Waals surface area contributed by atoms with Crippen molar-refractivity contribution >= 4 is 52.7 Å². The van der Waals surface area contributed by atoms with Crippen LogP contribution in [0.3, 0.4) is 0 Å². The summed E-state index contributed by atoms with van der Waals surface area (Å²) in [6, 6.07) is 14.1. The highest BCUT2D eigenvalue weighted by Gasteiger charge is 2.38. The number of benzene rings is 2. The summed E-state index contributed by atoms with van der Waals surface area (Å²) >= 11 is 13.9. The molecule has 0 bridgehead atoms. The molecule has 1 N–H and O–H groups in total. The lowest BCUT2D eigenvalue weighted by Gasteiger charge is -2.32. The number of para-hydroxylation sites is 1. The third-order valence-corrected chi connectivity index (χ3v) is 6.20. The second-order valence-corrected chi connectivity index (χ2v) is 8.19. The number of nitrogens with zero attached hydrogens (tertiary/aromatic N) is 1. The summed E-state index contributed by atoms with van der Waals surface area (Å²) in [6.45, 7) is 2.06. The molecule has 28 heavy (non-hydrogen) atoms. The van der Waals surface area contributed by atoms with Gasteiger partial charge >= 0.3 is 6.09 Å². The van der Waals surface area contributed by atoms with Crippen molar-refractivity contribution in [1.29, 1.82) is 0 Å². The van der Waals surface area contributed by atoms with Gasteiger partial charge in [0.25, 0.3) is 0 Å². The molecule has 148 valence electrons. The second-order valence-electron chi connectivity index (χ2n) is 6.28. The van der Waals surface area contributed by atoms with Gasteiger partial charge in [0.05, 0.1) is 11.8 Å². The van der Waals surface area contributed by atoms with Crippen molar-refractivity contribution in [3.63, 3.8) is 0 Å². The molecule has 3 rings (SSSR count). The standard InChI is InChI=1S/C20H20Cl2N2O3S/c1-2-15(11-27-20(26)23-14-6-4-3-5-7-14)24-18(25)12-28-19(24)16-9-8-13(21)10-17(16)22/h3-10,15,19H,2,11-12H2,1H3,(H,23,26)/t15-,19+/m0/s1.